The van der Waals surface area contributed by atoms with Gasteiger partial charge in [0.15, 0.2) is 0 Å². The third kappa shape index (κ3) is 3.07. The summed E-state index contributed by atoms with van der Waals surface area (Å²) in [7, 11) is 0. The lowest BCUT2D eigenvalue weighted by atomic mass is 10.3. The van der Waals surface area contributed by atoms with Crippen molar-refractivity contribution in [3.8, 4) is 0 Å². The fraction of sp³-hybridized carbons (Fsp3) is 0.667. The molecule has 4 nitrogen and oxygen atoms in total. The highest BCUT2D eigenvalue weighted by Crippen LogP contribution is 2.13. The summed E-state index contributed by atoms with van der Waals surface area (Å²) in [6.45, 7) is 6.42. The largest absolute Gasteiger partial charge is 0.468 e. The van der Waals surface area contributed by atoms with E-state index in [-0.39, 0.29) is 0 Å². The van der Waals surface area contributed by atoms with E-state index in [9.17, 15) is 0 Å². The van der Waals surface area contributed by atoms with E-state index in [4.69, 9.17) is 14.9 Å². The molecule has 2 heterocycles. The predicted octanol–water partition coefficient (Wildman–Crippen LogP) is 1.35. The topological polar surface area (TPSA) is 51.6 Å². The molecular formula is C12H20N2O2. The second-order valence-corrected chi connectivity index (χ2v) is 4.40. The minimum Gasteiger partial charge on any atom is -0.468 e. The average Bonchev–Trinajstić information content (AvgIpc) is 2.62. The molecule has 0 saturated carbocycles. The van der Waals surface area contributed by atoms with Crippen LogP contribution in [-0.4, -0.2) is 30.7 Å². The number of nitrogens with zero attached hydrogens (tertiary/aromatic N) is 1. The van der Waals surface area contributed by atoms with Crippen LogP contribution in [0.2, 0.25) is 0 Å². The molecule has 1 unspecified atom stereocenters. The van der Waals surface area contributed by atoms with Gasteiger partial charge in [-0.25, -0.2) is 0 Å². The first-order valence-electron chi connectivity index (χ1n) is 5.88. The van der Waals surface area contributed by atoms with Gasteiger partial charge in [-0.2, -0.15) is 0 Å². The molecule has 0 spiro atoms. The van der Waals surface area contributed by atoms with Crippen molar-refractivity contribution in [3.63, 3.8) is 0 Å². The SMILES string of the molecule is CC1CN(Cc2cc(CN)co2)CCCO1. The molecule has 16 heavy (non-hydrogen) atoms. The van der Waals surface area contributed by atoms with Crippen molar-refractivity contribution in [1.29, 1.82) is 0 Å². The van der Waals surface area contributed by atoms with E-state index in [0.717, 1.165) is 44.0 Å². The van der Waals surface area contributed by atoms with Crippen LogP contribution in [0.3, 0.4) is 0 Å². The quantitative estimate of drug-likeness (QED) is 0.842. The first-order chi connectivity index (χ1) is 7.78. The monoisotopic (exact) mass is 224 g/mol. The summed E-state index contributed by atoms with van der Waals surface area (Å²) in [5, 5.41) is 0. The van der Waals surface area contributed by atoms with Crippen molar-refractivity contribution in [3.05, 3.63) is 23.7 Å². The van der Waals surface area contributed by atoms with Crippen LogP contribution in [0, 0.1) is 0 Å². The zero-order valence-corrected chi connectivity index (χ0v) is 9.82. The van der Waals surface area contributed by atoms with Crippen LogP contribution in [0.25, 0.3) is 0 Å². The Bertz CT molecular complexity index is 325. The van der Waals surface area contributed by atoms with Gasteiger partial charge in [-0.1, -0.05) is 0 Å². The van der Waals surface area contributed by atoms with E-state index >= 15 is 0 Å². The Morgan fingerprint density at radius 2 is 2.44 bits per heavy atom. The molecule has 4 heteroatoms. The van der Waals surface area contributed by atoms with Crippen molar-refractivity contribution in [2.75, 3.05) is 19.7 Å². The highest BCUT2D eigenvalue weighted by Gasteiger charge is 2.16. The molecule has 1 aliphatic rings. The number of ether oxygens (including phenoxy) is 1. The second kappa shape index (κ2) is 5.48. The standard InChI is InChI=1S/C12H20N2O2/c1-10-7-14(3-2-4-15-10)8-12-5-11(6-13)9-16-12/h5,9-10H,2-4,6-8,13H2,1H3. The molecule has 0 bridgehead atoms. The Hall–Kier alpha value is -0.840. The van der Waals surface area contributed by atoms with Crippen LogP contribution in [0.1, 0.15) is 24.7 Å². The van der Waals surface area contributed by atoms with Gasteiger partial charge in [0.05, 0.1) is 18.9 Å². The van der Waals surface area contributed by atoms with Gasteiger partial charge in [-0.15, -0.1) is 0 Å². The van der Waals surface area contributed by atoms with Crippen LogP contribution >= 0.6 is 0 Å². The zero-order valence-electron chi connectivity index (χ0n) is 9.82. The number of furan rings is 1. The van der Waals surface area contributed by atoms with Crippen molar-refractivity contribution in [2.24, 2.45) is 5.73 Å². The van der Waals surface area contributed by atoms with Crippen LogP contribution in [0.15, 0.2) is 16.7 Å². The van der Waals surface area contributed by atoms with E-state index in [1.165, 1.54) is 0 Å². The lowest BCUT2D eigenvalue weighted by Crippen LogP contribution is -2.29. The van der Waals surface area contributed by atoms with Crippen LogP contribution in [0.5, 0.6) is 0 Å². The molecule has 0 aromatic carbocycles. The minimum atomic E-state index is 0.312. The molecule has 2 rings (SSSR count). The molecule has 0 amide bonds. The number of hydrogen-bond acceptors (Lipinski definition) is 4. The Kier molecular flexibility index (Phi) is 3.98. The molecule has 1 saturated heterocycles. The number of hydrogen-bond donors (Lipinski definition) is 1. The highest BCUT2D eigenvalue weighted by atomic mass is 16.5. The summed E-state index contributed by atoms with van der Waals surface area (Å²) in [6.07, 6.45) is 3.15. The first kappa shape index (κ1) is 11.6. The van der Waals surface area contributed by atoms with Gasteiger partial charge in [0.1, 0.15) is 5.76 Å². The molecule has 2 N–H and O–H groups in total. The highest BCUT2D eigenvalue weighted by molar-refractivity contribution is 5.12. The fourth-order valence-corrected chi connectivity index (χ4v) is 2.06. The Morgan fingerprint density at radius 1 is 1.56 bits per heavy atom. The van der Waals surface area contributed by atoms with Crippen LogP contribution in [0.4, 0.5) is 0 Å². The smallest absolute Gasteiger partial charge is 0.118 e. The second-order valence-electron chi connectivity index (χ2n) is 4.40. The van der Waals surface area contributed by atoms with Crippen molar-refractivity contribution in [2.45, 2.75) is 32.5 Å². The predicted molar refractivity (Wildman–Crippen MR) is 61.9 cm³/mol. The third-order valence-electron chi connectivity index (χ3n) is 2.86. The van der Waals surface area contributed by atoms with Gasteiger partial charge in [-0.3, -0.25) is 4.90 Å². The summed E-state index contributed by atoms with van der Waals surface area (Å²) >= 11 is 0. The molecule has 90 valence electrons. The van der Waals surface area contributed by atoms with Gasteiger partial charge < -0.3 is 14.9 Å². The van der Waals surface area contributed by atoms with E-state index in [1.807, 2.05) is 6.07 Å². The van der Waals surface area contributed by atoms with Gasteiger partial charge >= 0.3 is 0 Å². The Balaban J connectivity index is 1.92. The molecule has 1 fully saturated rings. The Labute approximate surface area is 96.4 Å². The summed E-state index contributed by atoms with van der Waals surface area (Å²) in [5.41, 5.74) is 6.61. The van der Waals surface area contributed by atoms with Crippen LogP contribution in [-0.2, 0) is 17.8 Å². The van der Waals surface area contributed by atoms with Gasteiger partial charge in [0, 0.05) is 31.8 Å². The molecule has 0 radical (unpaired) electrons. The maximum Gasteiger partial charge on any atom is 0.118 e. The summed E-state index contributed by atoms with van der Waals surface area (Å²) in [6, 6.07) is 2.04. The Morgan fingerprint density at radius 3 is 3.19 bits per heavy atom. The maximum atomic E-state index is 5.60. The summed E-state index contributed by atoms with van der Waals surface area (Å²) < 4.78 is 11.1. The van der Waals surface area contributed by atoms with Crippen molar-refractivity contribution >= 4 is 0 Å². The van der Waals surface area contributed by atoms with E-state index in [0.29, 0.717) is 12.6 Å². The molecule has 1 aliphatic heterocycles. The third-order valence-corrected chi connectivity index (χ3v) is 2.86. The van der Waals surface area contributed by atoms with Crippen molar-refractivity contribution in [1.82, 2.24) is 4.90 Å². The van der Waals surface area contributed by atoms with Gasteiger partial charge in [0.25, 0.3) is 0 Å². The number of rotatable bonds is 3. The van der Waals surface area contributed by atoms with E-state index in [2.05, 4.69) is 11.8 Å². The normalized spacial score (nSPS) is 23.2. The molecule has 1 atom stereocenters. The van der Waals surface area contributed by atoms with Crippen LogP contribution < -0.4 is 5.73 Å². The van der Waals surface area contributed by atoms with Crippen molar-refractivity contribution < 1.29 is 9.15 Å². The van der Waals surface area contributed by atoms with E-state index < -0.39 is 0 Å². The summed E-state index contributed by atoms with van der Waals surface area (Å²) in [4.78, 5) is 2.37. The van der Waals surface area contributed by atoms with E-state index in [1.54, 1.807) is 6.26 Å². The van der Waals surface area contributed by atoms with Gasteiger partial charge in [-0.05, 0) is 19.4 Å². The zero-order chi connectivity index (χ0) is 11.4. The lowest BCUT2D eigenvalue weighted by molar-refractivity contribution is 0.0659. The maximum absolute atomic E-state index is 5.60. The number of nitrogens with two attached hydrogens (primary N) is 1. The first-order valence-corrected chi connectivity index (χ1v) is 5.88. The molecule has 1 aromatic heterocycles. The minimum absolute atomic E-state index is 0.312. The molecular weight excluding hydrogens is 204 g/mol. The lowest BCUT2D eigenvalue weighted by Gasteiger charge is -2.20. The average molecular weight is 224 g/mol. The molecule has 1 aromatic rings. The fourth-order valence-electron chi connectivity index (χ4n) is 2.06. The summed E-state index contributed by atoms with van der Waals surface area (Å²) in [5.74, 6) is 0.995. The molecule has 0 aliphatic carbocycles. The van der Waals surface area contributed by atoms with Gasteiger partial charge in [0.2, 0.25) is 0 Å².